The molecule has 100 valence electrons. The van der Waals surface area contributed by atoms with Crippen LogP contribution >= 0.6 is 0 Å². The highest BCUT2D eigenvalue weighted by molar-refractivity contribution is 5.72. The number of carbonyl (C=O) groups excluding carboxylic acids is 1. The number of carbonyl (C=O) groups is 1. The van der Waals surface area contributed by atoms with Gasteiger partial charge in [-0.2, -0.15) is 0 Å². The molecule has 17 heavy (non-hydrogen) atoms. The highest BCUT2D eigenvalue weighted by atomic mass is 16.6. The molecule has 0 aromatic rings. The molecule has 0 bridgehead atoms. The van der Waals surface area contributed by atoms with E-state index in [2.05, 4.69) is 10.2 Å². The molecule has 0 spiro atoms. The maximum absolute atomic E-state index is 11.7. The summed E-state index contributed by atoms with van der Waals surface area (Å²) in [7, 11) is 2.01. The second kappa shape index (κ2) is 6.36. The zero-order valence-electron chi connectivity index (χ0n) is 11.6. The van der Waals surface area contributed by atoms with Gasteiger partial charge in [0.2, 0.25) is 0 Å². The minimum absolute atomic E-state index is 0.128. The second-order valence-corrected chi connectivity index (χ2v) is 5.84. The topological polar surface area (TPSA) is 41.6 Å². The summed E-state index contributed by atoms with van der Waals surface area (Å²) < 4.78 is 5.33. The van der Waals surface area contributed by atoms with E-state index in [0.29, 0.717) is 12.6 Å². The number of nitrogens with one attached hydrogen (secondary N) is 1. The summed E-state index contributed by atoms with van der Waals surface area (Å²) in [4.78, 5) is 13.8. The molecule has 0 unspecified atom stereocenters. The zero-order chi connectivity index (χ0) is 12.9. The van der Waals surface area contributed by atoms with Gasteiger partial charge in [0.15, 0.2) is 0 Å². The lowest BCUT2D eigenvalue weighted by atomic mass is 10.1. The Bertz CT molecular complexity index is 240. The summed E-state index contributed by atoms with van der Waals surface area (Å²) in [6, 6.07) is 0.498. The fraction of sp³-hybridized carbons (Fsp3) is 0.923. The molecule has 1 fully saturated rings. The molecular weight excluding hydrogens is 216 g/mol. The largest absolute Gasteiger partial charge is 0.459 e. The fourth-order valence-corrected chi connectivity index (χ4v) is 2.15. The minimum Gasteiger partial charge on any atom is -0.459 e. The molecule has 0 amide bonds. The SMILES string of the molecule is CN(CC(=O)OC(C)(C)C)[C@@H]1CCCNCC1. The molecule has 4 nitrogen and oxygen atoms in total. The second-order valence-electron chi connectivity index (χ2n) is 5.84. The third kappa shape index (κ3) is 6.03. The van der Waals surface area contributed by atoms with Crippen molar-refractivity contribution in [1.82, 2.24) is 10.2 Å². The van der Waals surface area contributed by atoms with Crippen LogP contribution in [0.3, 0.4) is 0 Å². The van der Waals surface area contributed by atoms with E-state index in [-0.39, 0.29) is 11.6 Å². The maximum atomic E-state index is 11.7. The number of hydrogen-bond acceptors (Lipinski definition) is 4. The van der Waals surface area contributed by atoms with Crippen LogP contribution in [-0.2, 0) is 9.53 Å². The van der Waals surface area contributed by atoms with Gasteiger partial charge in [-0.05, 0) is 60.2 Å². The van der Waals surface area contributed by atoms with Crippen LogP contribution in [0.5, 0.6) is 0 Å². The lowest BCUT2D eigenvalue weighted by Gasteiger charge is -2.27. The number of ether oxygens (including phenoxy) is 1. The van der Waals surface area contributed by atoms with E-state index in [1.54, 1.807) is 0 Å². The van der Waals surface area contributed by atoms with Gasteiger partial charge in [0.05, 0.1) is 6.54 Å². The molecule has 0 aliphatic carbocycles. The van der Waals surface area contributed by atoms with E-state index >= 15 is 0 Å². The van der Waals surface area contributed by atoms with E-state index in [4.69, 9.17) is 4.74 Å². The van der Waals surface area contributed by atoms with Crippen LogP contribution in [0.2, 0.25) is 0 Å². The molecule has 1 aliphatic heterocycles. The quantitative estimate of drug-likeness (QED) is 0.760. The number of hydrogen-bond donors (Lipinski definition) is 1. The summed E-state index contributed by atoms with van der Waals surface area (Å²) in [5.74, 6) is -0.128. The Labute approximate surface area is 105 Å². The van der Waals surface area contributed by atoms with E-state index < -0.39 is 0 Å². The molecule has 0 aromatic carbocycles. The van der Waals surface area contributed by atoms with Crippen molar-refractivity contribution in [2.75, 3.05) is 26.7 Å². The van der Waals surface area contributed by atoms with Crippen LogP contribution in [0.25, 0.3) is 0 Å². The van der Waals surface area contributed by atoms with E-state index in [9.17, 15) is 4.79 Å². The van der Waals surface area contributed by atoms with Crippen LogP contribution in [-0.4, -0.2) is 49.2 Å². The first kappa shape index (κ1) is 14.5. The lowest BCUT2D eigenvalue weighted by Crippen LogP contribution is -2.39. The van der Waals surface area contributed by atoms with Gasteiger partial charge < -0.3 is 10.1 Å². The molecular formula is C13H26N2O2. The van der Waals surface area contributed by atoms with E-state index in [0.717, 1.165) is 25.9 Å². The number of nitrogens with zero attached hydrogens (tertiary/aromatic N) is 1. The summed E-state index contributed by atoms with van der Waals surface area (Å²) in [6.07, 6.45) is 3.45. The first-order valence-corrected chi connectivity index (χ1v) is 6.51. The van der Waals surface area contributed by atoms with Gasteiger partial charge in [-0.3, -0.25) is 9.69 Å². The van der Waals surface area contributed by atoms with Crippen LogP contribution in [0.4, 0.5) is 0 Å². The summed E-state index contributed by atoms with van der Waals surface area (Å²) in [5.41, 5.74) is -0.386. The molecule has 1 saturated heterocycles. The number of esters is 1. The summed E-state index contributed by atoms with van der Waals surface area (Å²) in [5, 5.41) is 3.38. The standard InChI is InChI=1S/C13H26N2O2/c1-13(2,3)17-12(16)10-15(4)11-6-5-8-14-9-7-11/h11,14H,5-10H2,1-4H3/t11-/m1/s1. The van der Waals surface area contributed by atoms with Gasteiger partial charge in [0, 0.05) is 6.04 Å². The van der Waals surface area contributed by atoms with Gasteiger partial charge >= 0.3 is 5.97 Å². The highest BCUT2D eigenvalue weighted by Gasteiger charge is 2.22. The predicted molar refractivity (Wildman–Crippen MR) is 69.0 cm³/mol. The Kier molecular flexibility index (Phi) is 5.40. The van der Waals surface area contributed by atoms with E-state index in [1.165, 1.54) is 6.42 Å². The van der Waals surface area contributed by atoms with E-state index in [1.807, 2.05) is 27.8 Å². The van der Waals surface area contributed by atoms with Crippen molar-refractivity contribution in [3.8, 4) is 0 Å². The molecule has 1 heterocycles. The first-order valence-electron chi connectivity index (χ1n) is 6.51. The Morgan fingerprint density at radius 2 is 2.06 bits per heavy atom. The molecule has 1 rings (SSSR count). The third-order valence-corrected chi connectivity index (χ3v) is 2.97. The third-order valence-electron chi connectivity index (χ3n) is 2.97. The van der Waals surface area contributed by atoms with Crippen molar-refractivity contribution in [2.45, 2.75) is 51.7 Å². The molecule has 1 aliphatic rings. The van der Waals surface area contributed by atoms with Crippen molar-refractivity contribution in [1.29, 1.82) is 0 Å². The van der Waals surface area contributed by atoms with Crippen molar-refractivity contribution in [3.63, 3.8) is 0 Å². The maximum Gasteiger partial charge on any atom is 0.320 e. The smallest absolute Gasteiger partial charge is 0.320 e. The van der Waals surface area contributed by atoms with Gasteiger partial charge in [-0.1, -0.05) is 0 Å². The normalized spacial score (nSPS) is 22.3. The van der Waals surface area contributed by atoms with Gasteiger partial charge in [-0.25, -0.2) is 0 Å². The van der Waals surface area contributed by atoms with Crippen LogP contribution < -0.4 is 5.32 Å². The molecule has 1 N–H and O–H groups in total. The highest BCUT2D eigenvalue weighted by Crippen LogP contribution is 2.13. The van der Waals surface area contributed by atoms with Crippen molar-refractivity contribution in [3.05, 3.63) is 0 Å². The zero-order valence-corrected chi connectivity index (χ0v) is 11.6. The Hall–Kier alpha value is -0.610. The molecule has 0 aromatic heterocycles. The molecule has 0 saturated carbocycles. The Morgan fingerprint density at radius 3 is 2.71 bits per heavy atom. The molecule has 4 heteroatoms. The van der Waals surface area contributed by atoms with Crippen LogP contribution in [0.1, 0.15) is 40.0 Å². The van der Waals surface area contributed by atoms with Gasteiger partial charge in [-0.15, -0.1) is 0 Å². The summed E-state index contributed by atoms with van der Waals surface area (Å²) in [6.45, 7) is 8.24. The fourth-order valence-electron chi connectivity index (χ4n) is 2.15. The van der Waals surface area contributed by atoms with Crippen molar-refractivity contribution < 1.29 is 9.53 Å². The van der Waals surface area contributed by atoms with Crippen LogP contribution in [0.15, 0.2) is 0 Å². The molecule has 1 atom stereocenters. The van der Waals surface area contributed by atoms with Crippen molar-refractivity contribution in [2.24, 2.45) is 0 Å². The van der Waals surface area contributed by atoms with Crippen LogP contribution in [0, 0.1) is 0 Å². The lowest BCUT2D eigenvalue weighted by molar-refractivity contribution is -0.156. The minimum atomic E-state index is -0.386. The van der Waals surface area contributed by atoms with Gasteiger partial charge in [0.25, 0.3) is 0 Å². The Morgan fingerprint density at radius 1 is 1.35 bits per heavy atom. The predicted octanol–water partition coefficient (Wildman–Crippen LogP) is 1.40. The number of likely N-dealkylation sites (N-methyl/N-ethyl adjacent to an activating group) is 1. The van der Waals surface area contributed by atoms with Gasteiger partial charge in [0.1, 0.15) is 5.60 Å². The average molecular weight is 242 g/mol. The number of rotatable bonds is 3. The first-order chi connectivity index (χ1) is 7.88. The Balaban J connectivity index is 2.36. The average Bonchev–Trinajstić information content (AvgIpc) is 2.41. The van der Waals surface area contributed by atoms with Crippen molar-refractivity contribution >= 4 is 5.97 Å². The summed E-state index contributed by atoms with van der Waals surface area (Å²) >= 11 is 0. The molecule has 0 radical (unpaired) electrons. The monoisotopic (exact) mass is 242 g/mol.